The van der Waals surface area contributed by atoms with Crippen molar-refractivity contribution in [2.24, 2.45) is 0 Å². The molecule has 1 amide bonds. The second-order valence-electron chi connectivity index (χ2n) is 4.90. The van der Waals surface area contributed by atoms with Crippen LogP contribution in [0.4, 0.5) is 10.1 Å². The van der Waals surface area contributed by atoms with Gasteiger partial charge in [0.05, 0.1) is 24.7 Å². The highest BCUT2D eigenvalue weighted by molar-refractivity contribution is 9.10. The molecule has 5 nitrogen and oxygen atoms in total. The van der Waals surface area contributed by atoms with Crippen LogP contribution in [0.15, 0.2) is 59.2 Å². The van der Waals surface area contributed by atoms with Crippen molar-refractivity contribution in [1.29, 1.82) is 0 Å². The largest absolute Gasteiger partial charge is 0.493 e. The summed E-state index contributed by atoms with van der Waals surface area (Å²) in [6.07, 6.45) is 1.60. The molecule has 0 saturated carbocycles. The first-order valence-electron chi connectivity index (χ1n) is 7.04. The van der Waals surface area contributed by atoms with Crippen LogP contribution in [0.3, 0.4) is 0 Å². The van der Waals surface area contributed by atoms with E-state index in [1.165, 1.54) is 23.9 Å². The molecule has 0 aliphatic carbocycles. The Hall–Kier alpha value is -2.67. The van der Waals surface area contributed by atoms with Gasteiger partial charge in [-0.15, -0.1) is 0 Å². The third-order valence-corrected chi connectivity index (χ3v) is 3.81. The predicted octanol–water partition coefficient (Wildman–Crippen LogP) is 4.03. The van der Waals surface area contributed by atoms with E-state index in [0.29, 0.717) is 10.2 Å². The van der Waals surface area contributed by atoms with Crippen molar-refractivity contribution in [3.63, 3.8) is 0 Å². The first-order chi connectivity index (χ1) is 11.6. The van der Waals surface area contributed by atoms with Crippen molar-refractivity contribution in [2.45, 2.75) is 0 Å². The fourth-order valence-electron chi connectivity index (χ4n) is 2.15. The number of carbonyl (C=O) groups is 1. The third-order valence-electron chi connectivity index (χ3n) is 3.32. The minimum atomic E-state index is -0.553. The number of anilines is 1. The Bertz CT molecular complexity index is 881. The van der Waals surface area contributed by atoms with E-state index in [0.717, 1.165) is 5.69 Å². The predicted molar refractivity (Wildman–Crippen MR) is 92.2 cm³/mol. The first-order valence-corrected chi connectivity index (χ1v) is 7.83. The molecule has 3 aromatic rings. The van der Waals surface area contributed by atoms with E-state index in [1.807, 2.05) is 30.3 Å². The molecular weight excluding hydrogens is 377 g/mol. The summed E-state index contributed by atoms with van der Waals surface area (Å²) in [5.41, 5.74) is 0.924. The van der Waals surface area contributed by atoms with E-state index < -0.39 is 11.7 Å². The lowest BCUT2D eigenvalue weighted by Gasteiger charge is -2.06. The molecule has 122 valence electrons. The van der Waals surface area contributed by atoms with Gasteiger partial charge >= 0.3 is 0 Å². The van der Waals surface area contributed by atoms with Gasteiger partial charge in [-0.3, -0.25) is 4.79 Å². The van der Waals surface area contributed by atoms with E-state index in [9.17, 15) is 9.18 Å². The van der Waals surface area contributed by atoms with Crippen LogP contribution < -0.4 is 10.1 Å². The van der Waals surface area contributed by atoms with Crippen molar-refractivity contribution in [2.75, 3.05) is 12.4 Å². The van der Waals surface area contributed by atoms with Crippen LogP contribution in [-0.4, -0.2) is 22.8 Å². The SMILES string of the molecule is COc1cn(-c2ccccc2)nc1C(=O)Nc1ccc(Br)cc1F. The molecule has 1 aromatic heterocycles. The van der Waals surface area contributed by atoms with Gasteiger partial charge in [0.1, 0.15) is 5.82 Å². The minimum absolute atomic E-state index is 0.0690. The van der Waals surface area contributed by atoms with E-state index in [4.69, 9.17) is 4.74 Å². The molecule has 0 radical (unpaired) electrons. The van der Waals surface area contributed by atoms with E-state index in [1.54, 1.807) is 12.3 Å². The zero-order valence-corrected chi connectivity index (χ0v) is 14.2. The molecule has 0 saturated heterocycles. The van der Waals surface area contributed by atoms with Gasteiger partial charge in [-0.2, -0.15) is 5.10 Å². The molecule has 0 aliphatic rings. The molecule has 0 unspecified atom stereocenters. The average Bonchev–Trinajstić information content (AvgIpc) is 3.02. The molecule has 1 heterocycles. The summed E-state index contributed by atoms with van der Waals surface area (Å²) in [4.78, 5) is 12.4. The molecule has 1 N–H and O–H groups in total. The Morgan fingerprint density at radius 2 is 2.00 bits per heavy atom. The molecule has 24 heavy (non-hydrogen) atoms. The maximum absolute atomic E-state index is 13.9. The van der Waals surface area contributed by atoms with Crippen molar-refractivity contribution in [3.05, 3.63) is 70.7 Å². The normalized spacial score (nSPS) is 10.5. The molecule has 0 atom stereocenters. The first kappa shape index (κ1) is 16.2. The van der Waals surface area contributed by atoms with Gasteiger partial charge in [-0.05, 0) is 30.3 Å². The minimum Gasteiger partial charge on any atom is -0.493 e. The number of methoxy groups -OCH3 is 1. The molecular formula is C17H13BrFN3O2. The van der Waals surface area contributed by atoms with Gasteiger partial charge in [0.25, 0.3) is 5.91 Å². The Kier molecular flexibility index (Phi) is 4.61. The quantitative estimate of drug-likeness (QED) is 0.732. The number of nitrogens with one attached hydrogen (secondary N) is 1. The second kappa shape index (κ2) is 6.84. The Labute approximate surface area is 146 Å². The number of halogens is 2. The highest BCUT2D eigenvalue weighted by atomic mass is 79.9. The summed E-state index contributed by atoms with van der Waals surface area (Å²) in [7, 11) is 1.45. The molecule has 3 rings (SSSR count). The smallest absolute Gasteiger partial charge is 0.280 e. The summed E-state index contributed by atoms with van der Waals surface area (Å²) in [6.45, 7) is 0. The fourth-order valence-corrected chi connectivity index (χ4v) is 2.48. The van der Waals surface area contributed by atoms with Crippen molar-refractivity contribution < 1.29 is 13.9 Å². The van der Waals surface area contributed by atoms with Gasteiger partial charge in [-0.25, -0.2) is 9.07 Å². The van der Waals surface area contributed by atoms with Crippen LogP contribution in [0.25, 0.3) is 5.69 Å². The monoisotopic (exact) mass is 389 g/mol. The van der Waals surface area contributed by atoms with E-state index >= 15 is 0 Å². The van der Waals surface area contributed by atoms with Crippen LogP contribution in [0.5, 0.6) is 5.75 Å². The van der Waals surface area contributed by atoms with E-state index in [2.05, 4.69) is 26.3 Å². The summed E-state index contributed by atoms with van der Waals surface area (Å²) in [6, 6.07) is 13.7. The zero-order chi connectivity index (χ0) is 17.1. The molecule has 0 fully saturated rings. The molecule has 2 aromatic carbocycles. The maximum atomic E-state index is 13.9. The molecule has 0 spiro atoms. The van der Waals surface area contributed by atoms with Gasteiger partial charge in [0.15, 0.2) is 11.4 Å². The Balaban J connectivity index is 1.90. The number of para-hydroxylation sites is 1. The molecule has 7 heteroatoms. The summed E-state index contributed by atoms with van der Waals surface area (Å²) >= 11 is 3.17. The van der Waals surface area contributed by atoms with Gasteiger partial charge in [0, 0.05) is 4.47 Å². The lowest BCUT2D eigenvalue weighted by Crippen LogP contribution is -2.15. The van der Waals surface area contributed by atoms with Crippen molar-refractivity contribution in [3.8, 4) is 11.4 Å². The van der Waals surface area contributed by atoms with Crippen molar-refractivity contribution >= 4 is 27.5 Å². The number of aromatic nitrogens is 2. The molecule has 0 aliphatic heterocycles. The van der Waals surface area contributed by atoms with Gasteiger partial charge < -0.3 is 10.1 Å². The number of benzene rings is 2. The van der Waals surface area contributed by atoms with Gasteiger partial charge in [0.2, 0.25) is 0 Å². The van der Waals surface area contributed by atoms with Crippen LogP contribution in [-0.2, 0) is 0 Å². The number of rotatable bonds is 4. The number of hydrogen-bond acceptors (Lipinski definition) is 3. The highest BCUT2D eigenvalue weighted by Gasteiger charge is 2.19. The van der Waals surface area contributed by atoms with Crippen LogP contribution in [0.1, 0.15) is 10.5 Å². The van der Waals surface area contributed by atoms with Crippen LogP contribution in [0.2, 0.25) is 0 Å². The number of nitrogens with zero attached hydrogens (tertiary/aromatic N) is 2. The molecule has 0 bridgehead atoms. The standard InChI is InChI=1S/C17H13BrFN3O2/c1-24-15-10-22(12-5-3-2-4-6-12)21-16(15)17(23)20-14-8-7-11(18)9-13(14)19/h2-10H,1H3,(H,20,23). The lowest BCUT2D eigenvalue weighted by atomic mass is 10.3. The number of hydrogen-bond donors (Lipinski definition) is 1. The average molecular weight is 390 g/mol. The lowest BCUT2D eigenvalue weighted by molar-refractivity contribution is 0.101. The highest BCUT2D eigenvalue weighted by Crippen LogP contribution is 2.23. The number of amides is 1. The Morgan fingerprint density at radius 1 is 1.25 bits per heavy atom. The second-order valence-corrected chi connectivity index (χ2v) is 5.82. The summed E-state index contributed by atoms with van der Waals surface area (Å²) in [5, 5.41) is 6.75. The maximum Gasteiger partial charge on any atom is 0.280 e. The fraction of sp³-hybridized carbons (Fsp3) is 0.0588. The Morgan fingerprint density at radius 3 is 2.67 bits per heavy atom. The number of ether oxygens (including phenoxy) is 1. The van der Waals surface area contributed by atoms with Crippen molar-refractivity contribution in [1.82, 2.24) is 9.78 Å². The van der Waals surface area contributed by atoms with Crippen LogP contribution in [0, 0.1) is 5.82 Å². The summed E-state index contributed by atoms with van der Waals surface area (Å²) < 4.78 is 21.2. The van der Waals surface area contributed by atoms with Gasteiger partial charge in [-0.1, -0.05) is 34.1 Å². The summed E-state index contributed by atoms with van der Waals surface area (Å²) in [5.74, 6) is -0.796. The van der Waals surface area contributed by atoms with Crippen LogP contribution >= 0.6 is 15.9 Å². The topological polar surface area (TPSA) is 56.2 Å². The zero-order valence-electron chi connectivity index (χ0n) is 12.7. The number of carbonyl (C=O) groups excluding carboxylic acids is 1. The van der Waals surface area contributed by atoms with E-state index in [-0.39, 0.29) is 11.4 Å². The third kappa shape index (κ3) is 3.30.